The van der Waals surface area contributed by atoms with Crippen molar-refractivity contribution in [3.05, 3.63) is 58.1 Å². The SMILES string of the molecule is Nc1ccc(Br)cc1N1CCc2ccccc2CC1. The van der Waals surface area contributed by atoms with E-state index in [-0.39, 0.29) is 0 Å². The number of hydrogen-bond donors (Lipinski definition) is 1. The van der Waals surface area contributed by atoms with Crippen molar-refractivity contribution in [2.45, 2.75) is 12.8 Å². The molecule has 0 aliphatic carbocycles. The first-order valence-electron chi connectivity index (χ1n) is 6.61. The van der Waals surface area contributed by atoms with Crippen LogP contribution in [0.2, 0.25) is 0 Å². The lowest BCUT2D eigenvalue weighted by Crippen LogP contribution is -2.26. The van der Waals surface area contributed by atoms with E-state index in [1.165, 1.54) is 11.1 Å². The largest absolute Gasteiger partial charge is 0.397 e. The zero-order valence-electron chi connectivity index (χ0n) is 10.8. The molecule has 0 spiro atoms. The van der Waals surface area contributed by atoms with Gasteiger partial charge in [-0.25, -0.2) is 0 Å². The minimum Gasteiger partial charge on any atom is -0.397 e. The number of rotatable bonds is 1. The summed E-state index contributed by atoms with van der Waals surface area (Å²) in [5.74, 6) is 0. The third-order valence-electron chi connectivity index (χ3n) is 3.75. The molecular formula is C16H17BrN2. The topological polar surface area (TPSA) is 29.3 Å². The highest BCUT2D eigenvalue weighted by molar-refractivity contribution is 9.10. The van der Waals surface area contributed by atoms with Crippen molar-refractivity contribution >= 4 is 27.3 Å². The highest BCUT2D eigenvalue weighted by atomic mass is 79.9. The highest BCUT2D eigenvalue weighted by Gasteiger charge is 2.15. The van der Waals surface area contributed by atoms with Gasteiger partial charge in [0.1, 0.15) is 0 Å². The summed E-state index contributed by atoms with van der Waals surface area (Å²) in [5, 5.41) is 0. The van der Waals surface area contributed by atoms with Crippen LogP contribution in [-0.4, -0.2) is 13.1 Å². The van der Waals surface area contributed by atoms with Crippen molar-refractivity contribution < 1.29 is 0 Å². The molecule has 1 aliphatic rings. The molecule has 2 aromatic carbocycles. The molecule has 98 valence electrons. The minimum absolute atomic E-state index is 0.856. The predicted octanol–water partition coefficient (Wildman–Crippen LogP) is 3.64. The number of nitrogens with two attached hydrogens (primary N) is 1. The molecule has 0 fully saturated rings. The molecule has 0 atom stereocenters. The number of nitrogens with zero attached hydrogens (tertiary/aromatic N) is 1. The molecule has 0 saturated carbocycles. The first-order chi connectivity index (χ1) is 9.24. The van der Waals surface area contributed by atoms with Gasteiger partial charge in [0.25, 0.3) is 0 Å². The van der Waals surface area contributed by atoms with E-state index in [1.807, 2.05) is 12.1 Å². The van der Waals surface area contributed by atoms with Crippen molar-refractivity contribution in [2.75, 3.05) is 23.7 Å². The summed E-state index contributed by atoms with van der Waals surface area (Å²) in [7, 11) is 0. The van der Waals surface area contributed by atoms with E-state index in [0.717, 1.165) is 41.8 Å². The van der Waals surface area contributed by atoms with E-state index in [1.54, 1.807) is 0 Å². The summed E-state index contributed by atoms with van der Waals surface area (Å²) in [6.45, 7) is 2.05. The zero-order chi connectivity index (χ0) is 13.2. The Hall–Kier alpha value is -1.48. The van der Waals surface area contributed by atoms with E-state index in [4.69, 9.17) is 5.73 Å². The maximum atomic E-state index is 6.11. The van der Waals surface area contributed by atoms with Gasteiger partial charge in [-0.1, -0.05) is 40.2 Å². The van der Waals surface area contributed by atoms with Crippen molar-refractivity contribution in [2.24, 2.45) is 0 Å². The lowest BCUT2D eigenvalue weighted by atomic mass is 10.0. The molecule has 0 bridgehead atoms. The van der Waals surface area contributed by atoms with Crippen LogP contribution < -0.4 is 10.6 Å². The molecule has 1 aliphatic heterocycles. The fourth-order valence-corrected chi connectivity index (χ4v) is 3.05. The molecule has 0 saturated heterocycles. The van der Waals surface area contributed by atoms with Gasteiger partial charge in [0.2, 0.25) is 0 Å². The Kier molecular flexibility index (Phi) is 3.47. The van der Waals surface area contributed by atoms with Crippen LogP contribution in [0.4, 0.5) is 11.4 Å². The summed E-state index contributed by atoms with van der Waals surface area (Å²) in [6, 6.07) is 14.8. The number of halogens is 1. The standard InChI is InChI=1S/C16H17BrN2/c17-14-5-6-15(18)16(11-14)19-9-7-12-3-1-2-4-13(12)8-10-19/h1-6,11H,7-10,18H2. The molecule has 0 amide bonds. The summed E-state index contributed by atoms with van der Waals surface area (Å²) in [5.41, 5.74) is 11.1. The molecule has 0 radical (unpaired) electrons. The smallest absolute Gasteiger partial charge is 0.0611 e. The van der Waals surface area contributed by atoms with Crippen LogP contribution in [0.5, 0.6) is 0 Å². The normalized spacial score (nSPS) is 14.9. The van der Waals surface area contributed by atoms with E-state index < -0.39 is 0 Å². The second-order valence-electron chi connectivity index (χ2n) is 4.96. The Morgan fingerprint density at radius 1 is 0.947 bits per heavy atom. The Balaban J connectivity index is 1.87. The lowest BCUT2D eigenvalue weighted by molar-refractivity contribution is 0.807. The van der Waals surface area contributed by atoms with Crippen LogP contribution in [0, 0.1) is 0 Å². The van der Waals surface area contributed by atoms with Crippen LogP contribution in [-0.2, 0) is 12.8 Å². The van der Waals surface area contributed by atoms with Gasteiger partial charge < -0.3 is 10.6 Å². The Bertz CT molecular complexity index is 568. The first-order valence-corrected chi connectivity index (χ1v) is 7.40. The molecular weight excluding hydrogens is 300 g/mol. The number of nitrogen functional groups attached to an aromatic ring is 1. The number of benzene rings is 2. The first kappa shape index (κ1) is 12.5. The highest BCUT2D eigenvalue weighted by Crippen LogP contribution is 2.29. The average Bonchev–Trinajstić information content (AvgIpc) is 2.64. The number of hydrogen-bond acceptors (Lipinski definition) is 2. The van der Waals surface area contributed by atoms with Crippen LogP contribution in [0.25, 0.3) is 0 Å². The maximum absolute atomic E-state index is 6.11. The molecule has 19 heavy (non-hydrogen) atoms. The summed E-state index contributed by atoms with van der Waals surface area (Å²) >= 11 is 3.53. The Morgan fingerprint density at radius 3 is 2.21 bits per heavy atom. The van der Waals surface area contributed by atoms with Gasteiger partial charge in [-0.3, -0.25) is 0 Å². The van der Waals surface area contributed by atoms with Gasteiger partial charge in [-0.15, -0.1) is 0 Å². The molecule has 2 N–H and O–H groups in total. The van der Waals surface area contributed by atoms with Crippen molar-refractivity contribution in [1.82, 2.24) is 0 Å². The second kappa shape index (κ2) is 5.25. The second-order valence-corrected chi connectivity index (χ2v) is 5.87. The molecule has 2 aromatic rings. The third-order valence-corrected chi connectivity index (χ3v) is 4.25. The molecule has 3 rings (SSSR count). The van der Waals surface area contributed by atoms with E-state index in [9.17, 15) is 0 Å². The van der Waals surface area contributed by atoms with Crippen molar-refractivity contribution in [3.8, 4) is 0 Å². The molecule has 3 heteroatoms. The van der Waals surface area contributed by atoms with Crippen LogP contribution in [0.1, 0.15) is 11.1 Å². The van der Waals surface area contributed by atoms with E-state index >= 15 is 0 Å². The summed E-state index contributed by atoms with van der Waals surface area (Å²) < 4.78 is 1.08. The summed E-state index contributed by atoms with van der Waals surface area (Å²) in [6.07, 6.45) is 2.17. The molecule has 1 heterocycles. The van der Waals surface area contributed by atoms with Crippen LogP contribution in [0.15, 0.2) is 46.9 Å². The Labute approximate surface area is 122 Å². The predicted molar refractivity (Wildman–Crippen MR) is 84.6 cm³/mol. The zero-order valence-corrected chi connectivity index (χ0v) is 12.4. The monoisotopic (exact) mass is 316 g/mol. The van der Waals surface area contributed by atoms with Gasteiger partial charge in [0.15, 0.2) is 0 Å². The summed E-state index contributed by atoms with van der Waals surface area (Å²) in [4.78, 5) is 2.39. The van der Waals surface area contributed by atoms with E-state index in [2.05, 4.69) is 51.2 Å². The fraction of sp³-hybridized carbons (Fsp3) is 0.250. The number of anilines is 2. The van der Waals surface area contributed by atoms with E-state index in [0.29, 0.717) is 0 Å². The molecule has 0 unspecified atom stereocenters. The third kappa shape index (κ3) is 2.61. The van der Waals surface area contributed by atoms with Gasteiger partial charge in [0, 0.05) is 17.6 Å². The lowest BCUT2D eigenvalue weighted by Gasteiger charge is -2.24. The quantitative estimate of drug-likeness (QED) is 0.814. The average molecular weight is 317 g/mol. The minimum atomic E-state index is 0.856. The molecule has 0 aromatic heterocycles. The fourth-order valence-electron chi connectivity index (χ4n) is 2.70. The van der Waals surface area contributed by atoms with Gasteiger partial charge in [-0.2, -0.15) is 0 Å². The number of fused-ring (bicyclic) bond motifs is 1. The van der Waals surface area contributed by atoms with Gasteiger partial charge in [-0.05, 0) is 42.2 Å². The Morgan fingerprint density at radius 2 is 1.58 bits per heavy atom. The van der Waals surface area contributed by atoms with Crippen LogP contribution >= 0.6 is 15.9 Å². The van der Waals surface area contributed by atoms with Crippen LogP contribution in [0.3, 0.4) is 0 Å². The maximum Gasteiger partial charge on any atom is 0.0611 e. The van der Waals surface area contributed by atoms with Gasteiger partial charge >= 0.3 is 0 Å². The van der Waals surface area contributed by atoms with Gasteiger partial charge in [0.05, 0.1) is 11.4 Å². The van der Waals surface area contributed by atoms with Crippen molar-refractivity contribution in [3.63, 3.8) is 0 Å². The van der Waals surface area contributed by atoms with Crippen molar-refractivity contribution in [1.29, 1.82) is 0 Å². The molecule has 2 nitrogen and oxygen atoms in total.